The fraction of sp³-hybridized carbons (Fsp3) is 0.500. The number of aliphatic carboxylic acids is 1. The molecule has 1 unspecified atom stereocenters. The number of carboxylic acid groups (broad SMARTS) is 1. The van der Waals surface area contributed by atoms with Crippen molar-refractivity contribution in [2.24, 2.45) is 5.41 Å². The summed E-state index contributed by atoms with van der Waals surface area (Å²) in [6, 6.07) is 3.16. The number of urea groups is 1. The molecule has 0 bridgehead atoms. The monoisotopic (exact) mass is 277 g/mol. The zero-order chi connectivity index (χ0) is 14.6. The van der Waals surface area contributed by atoms with E-state index in [1.807, 2.05) is 19.1 Å². The first-order valence-corrected chi connectivity index (χ1v) is 6.71. The predicted octanol–water partition coefficient (Wildman–Crippen LogP) is 1.70. The fourth-order valence-corrected chi connectivity index (χ4v) is 2.30. The maximum Gasteiger partial charge on any atom is 0.315 e. The van der Waals surface area contributed by atoms with Gasteiger partial charge in [-0.1, -0.05) is 6.42 Å². The maximum absolute atomic E-state index is 11.8. The summed E-state index contributed by atoms with van der Waals surface area (Å²) in [6.07, 6.45) is 5.49. The average Bonchev–Trinajstić information content (AvgIpc) is 2.38. The molecule has 1 saturated carbocycles. The van der Waals surface area contributed by atoms with E-state index in [2.05, 4.69) is 15.6 Å². The summed E-state index contributed by atoms with van der Waals surface area (Å²) in [5.74, 6) is -0.828. The number of carboxylic acids is 1. The minimum atomic E-state index is -0.828. The van der Waals surface area contributed by atoms with Gasteiger partial charge in [-0.3, -0.25) is 9.78 Å². The molecule has 1 fully saturated rings. The van der Waals surface area contributed by atoms with Crippen LogP contribution in [0.5, 0.6) is 0 Å². The summed E-state index contributed by atoms with van der Waals surface area (Å²) in [5, 5.41) is 14.6. The van der Waals surface area contributed by atoms with Crippen LogP contribution in [0.15, 0.2) is 24.5 Å². The first-order valence-electron chi connectivity index (χ1n) is 6.71. The first-order chi connectivity index (χ1) is 9.53. The van der Waals surface area contributed by atoms with E-state index in [1.54, 1.807) is 12.4 Å². The van der Waals surface area contributed by atoms with E-state index in [1.165, 1.54) is 0 Å². The Morgan fingerprint density at radius 3 is 2.55 bits per heavy atom. The topological polar surface area (TPSA) is 91.3 Å². The second kappa shape index (κ2) is 5.90. The Kier molecular flexibility index (Phi) is 4.22. The molecule has 0 spiro atoms. The lowest BCUT2D eigenvalue weighted by atomic mass is 9.69. The second-order valence-corrected chi connectivity index (χ2v) is 5.27. The van der Waals surface area contributed by atoms with Crippen LogP contribution in [0.25, 0.3) is 0 Å². The van der Waals surface area contributed by atoms with Gasteiger partial charge in [0.2, 0.25) is 0 Å². The quantitative estimate of drug-likeness (QED) is 0.764. The summed E-state index contributed by atoms with van der Waals surface area (Å²) in [6.45, 7) is 2.04. The molecule has 20 heavy (non-hydrogen) atoms. The van der Waals surface area contributed by atoms with Gasteiger partial charge in [-0.15, -0.1) is 0 Å². The number of rotatable bonds is 5. The van der Waals surface area contributed by atoms with Gasteiger partial charge in [0, 0.05) is 18.9 Å². The van der Waals surface area contributed by atoms with Crippen LogP contribution < -0.4 is 10.6 Å². The van der Waals surface area contributed by atoms with Gasteiger partial charge in [-0.2, -0.15) is 0 Å². The van der Waals surface area contributed by atoms with Gasteiger partial charge >= 0.3 is 12.0 Å². The molecule has 1 heterocycles. The van der Waals surface area contributed by atoms with Crippen LogP contribution in [0.4, 0.5) is 4.79 Å². The molecule has 6 nitrogen and oxygen atoms in total. The molecule has 1 aliphatic carbocycles. The lowest BCUT2D eigenvalue weighted by Crippen LogP contribution is -2.50. The lowest BCUT2D eigenvalue weighted by Gasteiger charge is -2.37. The van der Waals surface area contributed by atoms with E-state index < -0.39 is 11.4 Å². The molecular weight excluding hydrogens is 258 g/mol. The van der Waals surface area contributed by atoms with Crippen LogP contribution in [0.2, 0.25) is 0 Å². The molecule has 2 rings (SSSR count). The second-order valence-electron chi connectivity index (χ2n) is 5.27. The number of carbonyl (C=O) groups is 2. The van der Waals surface area contributed by atoms with Gasteiger partial charge in [-0.05, 0) is 37.5 Å². The number of hydrogen-bond donors (Lipinski definition) is 3. The van der Waals surface area contributed by atoms with Crippen LogP contribution in [0.3, 0.4) is 0 Å². The smallest absolute Gasteiger partial charge is 0.315 e. The summed E-state index contributed by atoms with van der Waals surface area (Å²) in [4.78, 5) is 26.9. The Hall–Kier alpha value is -2.11. The molecule has 1 aromatic heterocycles. The molecule has 1 aromatic rings. The van der Waals surface area contributed by atoms with E-state index in [0.29, 0.717) is 12.8 Å². The highest BCUT2D eigenvalue weighted by Crippen LogP contribution is 2.40. The maximum atomic E-state index is 11.8. The summed E-state index contributed by atoms with van der Waals surface area (Å²) < 4.78 is 0. The van der Waals surface area contributed by atoms with Crippen molar-refractivity contribution >= 4 is 12.0 Å². The van der Waals surface area contributed by atoms with E-state index >= 15 is 0 Å². The van der Waals surface area contributed by atoms with Crippen molar-refractivity contribution in [1.82, 2.24) is 15.6 Å². The Balaban J connectivity index is 1.82. The molecule has 6 heteroatoms. The van der Waals surface area contributed by atoms with Gasteiger partial charge in [0.1, 0.15) is 0 Å². The van der Waals surface area contributed by atoms with E-state index in [4.69, 9.17) is 0 Å². The summed E-state index contributed by atoms with van der Waals surface area (Å²) in [5.41, 5.74) is 0.184. The SMILES string of the molecule is CC(NC(=O)NCC1(C(=O)O)CCC1)c1ccncc1. The molecule has 0 aliphatic heterocycles. The van der Waals surface area contributed by atoms with Crippen molar-refractivity contribution in [2.75, 3.05) is 6.54 Å². The lowest BCUT2D eigenvalue weighted by molar-refractivity contribution is -0.153. The highest BCUT2D eigenvalue weighted by atomic mass is 16.4. The molecule has 108 valence electrons. The largest absolute Gasteiger partial charge is 0.481 e. The standard InChI is InChI=1S/C14H19N3O3/c1-10(11-3-7-15-8-4-11)17-13(20)16-9-14(12(18)19)5-2-6-14/h3-4,7-8,10H,2,5-6,9H2,1H3,(H,18,19)(H2,16,17,20). The number of nitrogens with one attached hydrogen (secondary N) is 2. The van der Waals surface area contributed by atoms with Crippen LogP contribution in [0, 0.1) is 5.41 Å². The van der Waals surface area contributed by atoms with Crippen LogP contribution in [-0.2, 0) is 4.79 Å². The highest BCUT2D eigenvalue weighted by molar-refractivity contribution is 5.79. The molecule has 0 radical (unpaired) electrons. The highest BCUT2D eigenvalue weighted by Gasteiger charge is 2.44. The van der Waals surface area contributed by atoms with Gasteiger partial charge in [0.05, 0.1) is 11.5 Å². The van der Waals surface area contributed by atoms with Crippen molar-refractivity contribution < 1.29 is 14.7 Å². The first kappa shape index (κ1) is 14.3. The Labute approximate surface area is 117 Å². The fourth-order valence-electron chi connectivity index (χ4n) is 2.30. The van der Waals surface area contributed by atoms with E-state index in [9.17, 15) is 14.7 Å². The summed E-state index contributed by atoms with van der Waals surface area (Å²) in [7, 11) is 0. The average molecular weight is 277 g/mol. The van der Waals surface area contributed by atoms with Gasteiger partial charge in [-0.25, -0.2) is 4.79 Å². The molecule has 1 atom stereocenters. The predicted molar refractivity (Wildman–Crippen MR) is 73.1 cm³/mol. The number of nitrogens with zero attached hydrogens (tertiary/aromatic N) is 1. The van der Waals surface area contributed by atoms with Crippen molar-refractivity contribution in [2.45, 2.75) is 32.2 Å². The number of carbonyl (C=O) groups excluding carboxylic acids is 1. The molecule has 0 saturated heterocycles. The van der Waals surface area contributed by atoms with E-state index in [-0.39, 0.29) is 18.6 Å². The van der Waals surface area contributed by atoms with Crippen LogP contribution in [-0.4, -0.2) is 28.6 Å². The van der Waals surface area contributed by atoms with Gasteiger partial charge < -0.3 is 15.7 Å². The minimum absolute atomic E-state index is 0.153. The number of pyridine rings is 1. The Bertz CT molecular complexity index is 486. The third-order valence-corrected chi connectivity index (χ3v) is 3.91. The molecule has 2 amide bonds. The Morgan fingerprint density at radius 2 is 2.05 bits per heavy atom. The van der Waals surface area contributed by atoms with Gasteiger partial charge in [0.15, 0.2) is 0 Å². The summed E-state index contributed by atoms with van der Waals surface area (Å²) >= 11 is 0. The minimum Gasteiger partial charge on any atom is -0.481 e. The van der Waals surface area contributed by atoms with Crippen molar-refractivity contribution in [3.8, 4) is 0 Å². The third-order valence-electron chi connectivity index (χ3n) is 3.91. The van der Waals surface area contributed by atoms with Crippen molar-refractivity contribution in [3.63, 3.8) is 0 Å². The van der Waals surface area contributed by atoms with Crippen LogP contribution >= 0.6 is 0 Å². The Morgan fingerprint density at radius 1 is 1.40 bits per heavy atom. The van der Waals surface area contributed by atoms with Crippen molar-refractivity contribution in [3.05, 3.63) is 30.1 Å². The zero-order valence-electron chi connectivity index (χ0n) is 11.4. The molecule has 3 N–H and O–H groups in total. The molecule has 0 aromatic carbocycles. The molecule has 1 aliphatic rings. The molecular formula is C14H19N3O3. The number of aromatic nitrogens is 1. The zero-order valence-corrected chi connectivity index (χ0v) is 11.4. The number of hydrogen-bond acceptors (Lipinski definition) is 3. The normalized spacial score (nSPS) is 17.6. The van der Waals surface area contributed by atoms with Gasteiger partial charge in [0.25, 0.3) is 0 Å². The van der Waals surface area contributed by atoms with E-state index in [0.717, 1.165) is 12.0 Å². The van der Waals surface area contributed by atoms with Crippen molar-refractivity contribution in [1.29, 1.82) is 0 Å². The van der Waals surface area contributed by atoms with Crippen LogP contribution in [0.1, 0.15) is 37.8 Å². The number of amides is 2. The third kappa shape index (κ3) is 3.07.